The first-order valence-electron chi connectivity index (χ1n) is 3.89. The van der Waals surface area contributed by atoms with E-state index in [1.807, 2.05) is 6.92 Å². The minimum atomic E-state index is -0.606. The largest absolute Gasteiger partial charge is 0.376 e. The highest BCUT2D eigenvalue weighted by atomic mass is 16.3. The maximum Gasteiger partial charge on any atom is 0.313 e. The van der Waals surface area contributed by atoms with Gasteiger partial charge in [-0.2, -0.15) is 0 Å². The van der Waals surface area contributed by atoms with Crippen molar-refractivity contribution in [2.45, 2.75) is 6.92 Å². The number of aliphatic hydroxyl groups excluding tert-OH is 1. The Morgan fingerprint density at radius 1 is 1.25 bits per heavy atom. The summed E-state index contributed by atoms with van der Waals surface area (Å²) in [6.45, 7) is 2.93. The van der Waals surface area contributed by atoms with E-state index in [4.69, 9.17) is 5.11 Å². The molecule has 5 nitrogen and oxygen atoms in total. The molecule has 0 spiro atoms. The quantitative estimate of drug-likeness (QED) is 0.522. The van der Waals surface area contributed by atoms with E-state index < -0.39 is 11.8 Å². The highest BCUT2D eigenvalue weighted by molar-refractivity contribution is 6.35. The summed E-state index contributed by atoms with van der Waals surface area (Å²) in [5.74, 6) is -1.12. The molecule has 0 aromatic rings. The first kappa shape index (κ1) is 8.99. The molecular weight excluding hydrogens is 160 g/mol. The lowest BCUT2D eigenvalue weighted by atomic mass is 10.3. The molecule has 0 atom stereocenters. The highest BCUT2D eigenvalue weighted by Gasteiger charge is 2.30. The van der Waals surface area contributed by atoms with E-state index in [1.165, 1.54) is 4.90 Å². The number of carbonyl (C=O) groups excluding carboxylic acids is 2. The molecule has 0 bridgehead atoms. The van der Waals surface area contributed by atoms with Gasteiger partial charge in [0.15, 0.2) is 0 Å². The second kappa shape index (κ2) is 3.53. The fraction of sp³-hybridized carbons (Fsp3) is 0.714. The van der Waals surface area contributed by atoms with Crippen LogP contribution in [0, 0.1) is 0 Å². The normalized spacial score (nSPS) is 18.8. The second-order valence-electron chi connectivity index (χ2n) is 2.59. The van der Waals surface area contributed by atoms with E-state index in [9.17, 15) is 9.59 Å². The van der Waals surface area contributed by atoms with Gasteiger partial charge in [-0.3, -0.25) is 9.59 Å². The predicted molar refractivity (Wildman–Crippen MR) is 41.1 cm³/mol. The summed E-state index contributed by atoms with van der Waals surface area (Å²) in [7, 11) is 0. The SMILES string of the molecule is CCN1CCN(CO)C(=O)C1=O. The van der Waals surface area contributed by atoms with Crippen LogP contribution in [0.15, 0.2) is 0 Å². The van der Waals surface area contributed by atoms with Crippen molar-refractivity contribution in [1.29, 1.82) is 0 Å². The van der Waals surface area contributed by atoms with Crippen LogP contribution >= 0.6 is 0 Å². The van der Waals surface area contributed by atoms with E-state index in [0.717, 1.165) is 4.90 Å². The van der Waals surface area contributed by atoms with Crippen LogP contribution < -0.4 is 0 Å². The number of carbonyl (C=O) groups is 2. The van der Waals surface area contributed by atoms with Crippen molar-refractivity contribution in [3.05, 3.63) is 0 Å². The smallest absolute Gasteiger partial charge is 0.313 e. The van der Waals surface area contributed by atoms with Gasteiger partial charge in [-0.1, -0.05) is 0 Å². The minimum absolute atomic E-state index is 0.373. The average molecular weight is 172 g/mol. The fourth-order valence-electron chi connectivity index (χ4n) is 1.15. The van der Waals surface area contributed by atoms with Crippen molar-refractivity contribution in [3.63, 3.8) is 0 Å². The third-order valence-electron chi connectivity index (χ3n) is 1.95. The van der Waals surface area contributed by atoms with Crippen molar-refractivity contribution in [3.8, 4) is 0 Å². The van der Waals surface area contributed by atoms with Gasteiger partial charge in [0, 0.05) is 19.6 Å². The summed E-state index contributed by atoms with van der Waals surface area (Å²) in [6.07, 6.45) is 0. The molecule has 0 radical (unpaired) electrons. The van der Waals surface area contributed by atoms with Crippen LogP contribution in [-0.4, -0.2) is 53.1 Å². The number of hydrogen-bond donors (Lipinski definition) is 1. The molecule has 1 rings (SSSR count). The van der Waals surface area contributed by atoms with Crippen LogP contribution in [-0.2, 0) is 9.59 Å². The zero-order valence-electron chi connectivity index (χ0n) is 6.99. The van der Waals surface area contributed by atoms with Crippen LogP contribution in [0.3, 0.4) is 0 Å². The van der Waals surface area contributed by atoms with Crippen molar-refractivity contribution in [2.24, 2.45) is 0 Å². The molecule has 0 aliphatic carbocycles. The molecule has 1 fully saturated rings. The molecule has 1 aliphatic rings. The Hall–Kier alpha value is -1.10. The molecule has 0 unspecified atom stereocenters. The minimum Gasteiger partial charge on any atom is -0.376 e. The Morgan fingerprint density at radius 3 is 2.25 bits per heavy atom. The molecule has 1 heterocycles. The Morgan fingerprint density at radius 2 is 1.75 bits per heavy atom. The molecule has 1 aliphatic heterocycles. The Labute approximate surface area is 70.6 Å². The van der Waals surface area contributed by atoms with Crippen molar-refractivity contribution < 1.29 is 14.7 Å². The highest BCUT2D eigenvalue weighted by Crippen LogP contribution is 2.02. The van der Waals surface area contributed by atoms with Crippen LogP contribution in [0.5, 0.6) is 0 Å². The van der Waals surface area contributed by atoms with E-state index in [0.29, 0.717) is 19.6 Å². The maximum absolute atomic E-state index is 11.1. The number of nitrogens with zero attached hydrogens (tertiary/aromatic N) is 2. The van der Waals surface area contributed by atoms with Crippen LogP contribution in [0.2, 0.25) is 0 Å². The standard InChI is InChI=1S/C7H12N2O3/c1-2-8-3-4-9(5-10)7(12)6(8)11/h10H,2-5H2,1H3. The van der Waals surface area contributed by atoms with E-state index in [1.54, 1.807) is 0 Å². The number of aliphatic hydroxyl groups is 1. The zero-order valence-corrected chi connectivity index (χ0v) is 6.99. The van der Waals surface area contributed by atoms with Gasteiger partial charge in [0.05, 0.1) is 0 Å². The number of rotatable bonds is 2. The van der Waals surface area contributed by atoms with Gasteiger partial charge in [-0.15, -0.1) is 0 Å². The van der Waals surface area contributed by atoms with Crippen LogP contribution in [0.25, 0.3) is 0 Å². The lowest BCUT2D eigenvalue weighted by Gasteiger charge is -2.31. The summed E-state index contributed by atoms with van der Waals surface area (Å²) >= 11 is 0. The summed E-state index contributed by atoms with van der Waals surface area (Å²) in [6, 6.07) is 0. The van der Waals surface area contributed by atoms with Crippen molar-refractivity contribution >= 4 is 11.8 Å². The number of hydrogen-bond acceptors (Lipinski definition) is 3. The van der Waals surface area contributed by atoms with Crippen LogP contribution in [0.1, 0.15) is 6.92 Å². The van der Waals surface area contributed by atoms with Crippen molar-refractivity contribution in [1.82, 2.24) is 9.80 Å². The Balaban J connectivity index is 2.65. The van der Waals surface area contributed by atoms with Gasteiger partial charge in [0.1, 0.15) is 6.73 Å². The summed E-state index contributed by atoms with van der Waals surface area (Å²) in [4.78, 5) is 24.8. The summed E-state index contributed by atoms with van der Waals surface area (Å²) in [5, 5.41) is 8.67. The molecular formula is C7H12N2O3. The third-order valence-corrected chi connectivity index (χ3v) is 1.95. The number of piperazine rings is 1. The predicted octanol–water partition coefficient (Wildman–Crippen LogP) is -1.37. The summed E-state index contributed by atoms with van der Waals surface area (Å²) < 4.78 is 0. The van der Waals surface area contributed by atoms with E-state index in [-0.39, 0.29) is 6.73 Å². The fourth-order valence-corrected chi connectivity index (χ4v) is 1.15. The average Bonchev–Trinajstić information content (AvgIpc) is 2.10. The second-order valence-corrected chi connectivity index (χ2v) is 2.59. The first-order valence-corrected chi connectivity index (χ1v) is 3.89. The number of amides is 2. The third kappa shape index (κ3) is 1.40. The Kier molecular flexibility index (Phi) is 2.65. The van der Waals surface area contributed by atoms with Gasteiger partial charge in [-0.25, -0.2) is 0 Å². The summed E-state index contributed by atoms with van der Waals surface area (Å²) in [5.41, 5.74) is 0. The number of likely N-dealkylation sites (N-methyl/N-ethyl adjacent to an activating group) is 1. The van der Waals surface area contributed by atoms with Gasteiger partial charge in [0.2, 0.25) is 0 Å². The zero-order chi connectivity index (χ0) is 9.14. The molecule has 12 heavy (non-hydrogen) atoms. The monoisotopic (exact) mass is 172 g/mol. The topological polar surface area (TPSA) is 60.9 Å². The lowest BCUT2D eigenvalue weighted by Crippen LogP contribution is -2.54. The van der Waals surface area contributed by atoms with Crippen molar-refractivity contribution in [2.75, 3.05) is 26.4 Å². The molecule has 0 saturated carbocycles. The van der Waals surface area contributed by atoms with E-state index in [2.05, 4.69) is 0 Å². The van der Waals surface area contributed by atoms with E-state index >= 15 is 0 Å². The molecule has 5 heteroatoms. The van der Waals surface area contributed by atoms with Gasteiger partial charge in [0.25, 0.3) is 0 Å². The maximum atomic E-state index is 11.1. The molecule has 68 valence electrons. The first-order chi connectivity index (χ1) is 5.70. The lowest BCUT2D eigenvalue weighted by molar-refractivity contribution is -0.158. The molecule has 0 aromatic heterocycles. The molecule has 1 saturated heterocycles. The van der Waals surface area contributed by atoms with Crippen LogP contribution in [0.4, 0.5) is 0 Å². The Bertz CT molecular complexity index is 183. The molecule has 2 amide bonds. The van der Waals surface area contributed by atoms with Gasteiger partial charge >= 0.3 is 11.8 Å². The van der Waals surface area contributed by atoms with Gasteiger partial charge < -0.3 is 14.9 Å². The van der Waals surface area contributed by atoms with Gasteiger partial charge in [-0.05, 0) is 6.92 Å². The molecule has 0 aromatic carbocycles. The molecule has 1 N–H and O–H groups in total.